The van der Waals surface area contributed by atoms with Crippen LogP contribution in [-0.4, -0.2) is 34.6 Å². The minimum absolute atomic E-state index is 0. The molecule has 90 valence electrons. The molecule has 0 bridgehead atoms. The highest BCUT2D eigenvalue weighted by atomic mass is 35.5. The molecule has 0 rings (SSSR count). The number of Topliss-reactive ketones (excluding diaryl/α,β-unsaturated/α-hetero) is 1. The number of carbonyl (C=O) groups is 2. The van der Waals surface area contributed by atoms with Crippen molar-refractivity contribution in [2.45, 2.75) is 38.1 Å². The summed E-state index contributed by atoms with van der Waals surface area (Å²) in [5, 5.41) is 16.9. The first-order chi connectivity index (χ1) is 6.57. The summed E-state index contributed by atoms with van der Waals surface area (Å²) in [5.74, 6) is -0.980. The van der Waals surface area contributed by atoms with Crippen molar-refractivity contribution in [2.75, 3.05) is 6.61 Å². The van der Waals surface area contributed by atoms with Crippen LogP contribution in [0.4, 0.5) is 0 Å². The average Bonchev–Trinajstić information content (AvgIpc) is 2.15. The maximum Gasteiger partial charge on any atom is 0.303 e. The van der Waals surface area contributed by atoms with E-state index in [9.17, 15) is 9.59 Å². The molecule has 0 aliphatic rings. The fourth-order valence-electron chi connectivity index (χ4n) is 1.04. The Morgan fingerprint density at radius 1 is 1.13 bits per heavy atom. The molecule has 0 heterocycles. The van der Waals surface area contributed by atoms with Crippen LogP contribution in [0.5, 0.6) is 0 Å². The highest BCUT2D eigenvalue weighted by Crippen LogP contribution is 2.04. The van der Waals surface area contributed by atoms with Crippen molar-refractivity contribution in [3.05, 3.63) is 0 Å². The van der Waals surface area contributed by atoms with E-state index in [4.69, 9.17) is 15.9 Å². The summed E-state index contributed by atoms with van der Waals surface area (Å²) in [6, 6.07) is -0.783. The first-order valence-electron chi connectivity index (χ1n) is 4.69. The van der Waals surface area contributed by atoms with Gasteiger partial charge in [0.05, 0.1) is 12.6 Å². The zero-order valence-electron chi connectivity index (χ0n) is 8.52. The maximum atomic E-state index is 11.1. The maximum absolute atomic E-state index is 11.1. The third-order valence-electron chi connectivity index (χ3n) is 1.92. The first kappa shape index (κ1) is 16.8. The first-order valence-corrected chi connectivity index (χ1v) is 4.69. The molecule has 15 heavy (non-hydrogen) atoms. The number of carbonyl (C=O) groups excluding carboxylic acids is 1. The fraction of sp³-hybridized carbons (Fsp3) is 0.778. The molecular weight excluding hydrogens is 222 g/mol. The predicted molar refractivity (Wildman–Crippen MR) is 58.0 cm³/mol. The number of hydrogen-bond donors (Lipinski definition) is 3. The lowest BCUT2D eigenvalue weighted by Crippen LogP contribution is -2.33. The highest BCUT2D eigenvalue weighted by molar-refractivity contribution is 5.85. The van der Waals surface area contributed by atoms with Crippen molar-refractivity contribution < 1.29 is 19.8 Å². The number of aliphatic carboxylic acids is 1. The molecule has 0 aliphatic heterocycles. The largest absolute Gasteiger partial charge is 0.481 e. The zero-order chi connectivity index (χ0) is 11.0. The summed E-state index contributed by atoms with van der Waals surface area (Å²) in [7, 11) is 0. The van der Waals surface area contributed by atoms with Gasteiger partial charge in [-0.2, -0.15) is 0 Å². The molecule has 5 nitrogen and oxygen atoms in total. The molecule has 4 N–H and O–H groups in total. The summed E-state index contributed by atoms with van der Waals surface area (Å²) in [4.78, 5) is 21.2. The second kappa shape index (κ2) is 9.89. The Morgan fingerprint density at radius 2 is 1.67 bits per heavy atom. The van der Waals surface area contributed by atoms with Crippen molar-refractivity contribution in [1.29, 1.82) is 0 Å². The van der Waals surface area contributed by atoms with Crippen molar-refractivity contribution in [1.82, 2.24) is 0 Å². The van der Waals surface area contributed by atoms with Crippen LogP contribution >= 0.6 is 12.4 Å². The average molecular weight is 240 g/mol. The predicted octanol–water partition coefficient (Wildman–Crippen LogP) is 0.332. The minimum atomic E-state index is -0.816. The van der Waals surface area contributed by atoms with Gasteiger partial charge in [-0.25, -0.2) is 0 Å². The lowest BCUT2D eigenvalue weighted by Gasteiger charge is -2.05. The standard InChI is InChI=1S/C9H17NO4.ClH/c10-7(6-11)8(12)4-2-1-3-5-9(13)14;/h7,11H,1-6,10H2,(H,13,14);1H. The van der Waals surface area contributed by atoms with Crippen LogP contribution in [0.1, 0.15) is 32.1 Å². The van der Waals surface area contributed by atoms with Gasteiger partial charge >= 0.3 is 5.97 Å². The number of halogens is 1. The van der Waals surface area contributed by atoms with Gasteiger partial charge in [0.2, 0.25) is 0 Å². The topological polar surface area (TPSA) is 101 Å². The monoisotopic (exact) mass is 239 g/mol. The molecule has 0 saturated heterocycles. The molecule has 0 fully saturated rings. The molecule has 1 atom stereocenters. The summed E-state index contributed by atoms with van der Waals surface area (Å²) >= 11 is 0. The molecule has 0 spiro atoms. The van der Waals surface area contributed by atoms with E-state index in [0.717, 1.165) is 0 Å². The molecule has 0 saturated carbocycles. The Hall–Kier alpha value is -0.650. The molecule has 1 unspecified atom stereocenters. The second-order valence-corrected chi connectivity index (χ2v) is 3.21. The zero-order valence-corrected chi connectivity index (χ0v) is 9.33. The smallest absolute Gasteiger partial charge is 0.303 e. The molecule has 0 radical (unpaired) electrons. The van der Waals surface area contributed by atoms with Gasteiger partial charge in [0.25, 0.3) is 0 Å². The number of aliphatic hydroxyl groups is 1. The van der Waals surface area contributed by atoms with Crippen LogP contribution in [0.3, 0.4) is 0 Å². The third-order valence-corrected chi connectivity index (χ3v) is 1.92. The molecule has 0 amide bonds. The van der Waals surface area contributed by atoms with Crippen molar-refractivity contribution >= 4 is 24.2 Å². The van der Waals surface area contributed by atoms with Gasteiger partial charge < -0.3 is 15.9 Å². The van der Waals surface area contributed by atoms with E-state index < -0.39 is 12.0 Å². The lowest BCUT2D eigenvalue weighted by molar-refractivity contribution is -0.137. The fourth-order valence-corrected chi connectivity index (χ4v) is 1.04. The lowest BCUT2D eigenvalue weighted by atomic mass is 10.1. The van der Waals surface area contributed by atoms with Gasteiger partial charge in [0.1, 0.15) is 0 Å². The van der Waals surface area contributed by atoms with Crippen LogP contribution in [-0.2, 0) is 9.59 Å². The number of ketones is 1. The van der Waals surface area contributed by atoms with Crippen LogP contribution < -0.4 is 5.73 Å². The normalized spacial score (nSPS) is 11.6. The Morgan fingerprint density at radius 3 is 2.13 bits per heavy atom. The van der Waals surface area contributed by atoms with E-state index in [2.05, 4.69) is 0 Å². The molecule has 6 heteroatoms. The van der Waals surface area contributed by atoms with Gasteiger partial charge in [-0.3, -0.25) is 9.59 Å². The second-order valence-electron chi connectivity index (χ2n) is 3.21. The number of unbranched alkanes of at least 4 members (excludes halogenated alkanes) is 2. The van der Waals surface area contributed by atoms with Crippen molar-refractivity contribution in [3.8, 4) is 0 Å². The number of aliphatic hydroxyl groups excluding tert-OH is 1. The minimum Gasteiger partial charge on any atom is -0.481 e. The quantitative estimate of drug-likeness (QED) is 0.530. The van der Waals surface area contributed by atoms with Crippen LogP contribution in [0.15, 0.2) is 0 Å². The summed E-state index contributed by atoms with van der Waals surface area (Å²) in [6.07, 6.45) is 2.38. The number of hydrogen-bond acceptors (Lipinski definition) is 4. The van der Waals surface area contributed by atoms with Gasteiger partial charge in [0.15, 0.2) is 5.78 Å². The highest BCUT2D eigenvalue weighted by Gasteiger charge is 2.10. The van der Waals surface area contributed by atoms with E-state index in [1.165, 1.54) is 0 Å². The Balaban J connectivity index is 0. The SMILES string of the molecule is Cl.NC(CO)C(=O)CCCCCC(=O)O. The Labute approximate surface area is 95.1 Å². The van der Waals surface area contributed by atoms with E-state index in [1.54, 1.807) is 0 Å². The van der Waals surface area contributed by atoms with E-state index in [-0.39, 0.29) is 31.2 Å². The third kappa shape index (κ3) is 9.65. The van der Waals surface area contributed by atoms with E-state index >= 15 is 0 Å². The Bertz CT molecular complexity index is 199. The number of rotatable bonds is 8. The summed E-state index contributed by atoms with van der Waals surface area (Å²) in [6.45, 7) is -0.325. The number of nitrogens with two attached hydrogens (primary N) is 1. The molecule has 0 aliphatic carbocycles. The van der Waals surface area contributed by atoms with Crippen LogP contribution in [0.2, 0.25) is 0 Å². The summed E-state index contributed by atoms with van der Waals surface area (Å²) in [5.41, 5.74) is 5.29. The number of carboxylic acids is 1. The van der Waals surface area contributed by atoms with Crippen molar-refractivity contribution in [3.63, 3.8) is 0 Å². The van der Waals surface area contributed by atoms with Crippen LogP contribution in [0.25, 0.3) is 0 Å². The summed E-state index contributed by atoms with van der Waals surface area (Å²) < 4.78 is 0. The van der Waals surface area contributed by atoms with E-state index in [0.29, 0.717) is 25.7 Å². The van der Waals surface area contributed by atoms with E-state index in [1.807, 2.05) is 0 Å². The van der Waals surface area contributed by atoms with Gasteiger partial charge in [0, 0.05) is 12.8 Å². The molecule has 0 aromatic heterocycles. The number of carboxylic acid groups (broad SMARTS) is 1. The van der Waals surface area contributed by atoms with Gasteiger partial charge in [-0.05, 0) is 12.8 Å². The molecular formula is C9H18ClNO4. The Kier molecular flexibility index (Phi) is 11.1. The molecule has 0 aromatic rings. The van der Waals surface area contributed by atoms with Crippen molar-refractivity contribution in [2.24, 2.45) is 5.73 Å². The molecule has 0 aromatic carbocycles. The van der Waals surface area contributed by atoms with Crippen LogP contribution in [0, 0.1) is 0 Å². The van der Waals surface area contributed by atoms with Gasteiger partial charge in [-0.15, -0.1) is 12.4 Å². The van der Waals surface area contributed by atoms with Gasteiger partial charge in [-0.1, -0.05) is 6.42 Å².